The van der Waals surface area contributed by atoms with Crippen molar-refractivity contribution >= 4 is 11.7 Å². The summed E-state index contributed by atoms with van der Waals surface area (Å²) in [5, 5.41) is 7.18. The third-order valence-electron chi connectivity index (χ3n) is 3.35. The van der Waals surface area contributed by atoms with Gasteiger partial charge in [-0.05, 0) is 31.9 Å². The van der Waals surface area contributed by atoms with E-state index in [1.54, 1.807) is 12.3 Å². The highest BCUT2D eigenvalue weighted by atomic mass is 16.2. The molecular formula is C15H21N5O. The van der Waals surface area contributed by atoms with Gasteiger partial charge in [0.05, 0.1) is 17.4 Å². The van der Waals surface area contributed by atoms with Crippen molar-refractivity contribution in [3.05, 3.63) is 41.3 Å². The summed E-state index contributed by atoms with van der Waals surface area (Å²) >= 11 is 0. The predicted molar refractivity (Wildman–Crippen MR) is 81.5 cm³/mol. The molecule has 1 unspecified atom stereocenters. The molecule has 2 rings (SSSR count). The van der Waals surface area contributed by atoms with Crippen molar-refractivity contribution in [3.8, 4) is 0 Å². The highest BCUT2D eigenvalue weighted by Crippen LogP contribution is 2.17. The van der Waals surface area contributed by atoms with Gasteiger partial charge in [0.1, 0.15) is 12.4 Å². The van der Waals surface area contributed by atoms with E-state index in [9.17, 15) is 4.79 Å². The molecule has 0 spiro atoms. The minimum atomic E-state index is -0.123. The Morgan fingerprint density at radius 3 is 2.81 bits per heavy atom. The second-order valence-electron chi connectivity index (χ2n) is 5.10. The topological polar surface area (TPSA) is 85.8 Å². The second kappa shape index (κ2) is 6.39. The molecule has 6 nitrogen and oxygen atoms in total. The molecule has 21 heavy (non-hydrogen) atoms. The fraction of sp³-hybridized carbons (Fsp3) is 0.400. The van der Waals surface area contributed by atoms with Crippen LogP contribution in [0.5, 0.6) is 0 Å². The number of amides is 1. The number of rotatable bonds is 5. The number of nitrogens with two attached hydrogens (primary N) is 1. The van der Waals surface area contributed by atoms with E-state index in [1.165, 1.54) is 4.68 Å². The van der Waals surface area contributed by atoms with Gasteiger partial charge < -0.3 is 11.1 Å². The molecule has 3 N–H and O–H groups in total. The van der Waals surface area contributed by atoms with Gasteiger partial charge in [0.2, 0.25) is 5.91 Å². The Kier molecular flexibility index (Phi) is 4.57. The van der Waals surface area contributed by atoms with Gasteiger partial charge in [0, 0.05) is 12.3 Å². The Morgan fingerprint density at radius 1 is 1.48 bits per heavy atom. The van der Waals surface area contributed by atoms with Crippen LogP contribution in [-0.2, 0) is 11.3 Å². The number of anilines is 1. The van der Waals surface area contributed by atoms with Crippen LogP contribution in [0.25, 0.3) is 0 Å². The van der Waals surface area contributed by atoms with E-state index >= 15 is 0 Å². The van der Waals surface area contributed by atoms with Crippen LogP contribution < -0.4 is 11.1 Å². The van der Waals surface area contributed by atoms with Crippen LogP contribution in [0.15, 0.2) is 24.4 Å². The minimum Gasteiger partial charge on any atom is -0.384 e. The molecule has 0 saturated heterocycles. The van der Waals surface area contributed by atoms with E-state index in [-0.39, 0.29) is 18.5 Å². The fourth-order valence-electron chi connectivity index (χ4n) is 2.29. The Labute approximate surface area is 124 Å². The average molecular weight is 287 g/mol. The number of hydrogen-bond acceptors (Lipinski definition) is 4. The predicted octanol–water partition coefficient (Wildman–Crippen LogP) is 1.74. The number of nitrogens with one attached hydrogen (secondary N) is 1. The van der Waals surface area contributed by atoms with Gasteiger partial charge in [0.25, 0.3) is 0 Å². The second-order valence-corrected chi connectivity index (χ2v) is 5.10. The molecule has 0 radical (unpaired) electrons. The molecule has 2 aromatic heterocycles. The number of carbonyl (C=O) groups excluding carboxylic acids is 1. The highest BCUT2D eigenvalue weighted by molar-refractivity contribution is 5.76. The minimum absolute atomic E-state index is 0.100. The molecule has 2 aromatic rings. The van der Waals surface area contributed by atoms with E-state index in [1.807, 2.05) is 32.9 Å². The number of pyridine rings is 1. The van der Waals surface area contributed by atoms with Crippen LogP contribution in [0, 0.1) is 13.8 Å². The SMILES string of the molecule is CCC(NC(=O)Cn1nc(C)cc1N)c1ncccc1C. The summed E-state index contributed by atoms with van der Waals surface area (Å²) in [4.78, 5) is 16.5. The van der Waals surface area contributed by atoms with Gasteiger partial charge in [-0.25, -0.2) is 4.68 Å². The first-order chi connectivity index (χ1) is 10.0. The standard InChI is InChI=1S/C15H21N5O/c1-4-12(15-10(2)6-5-7-17-15)18-14(21)9-20-13(16)8-11(3)19-20/h5-8,12H,4,9,16H2,1-3H3,(H,18,21). The van der Waals surface area contributed by atoms with Gasteiger partial charge in [-0.15, -0.1) is 0 Å². The maximum atomic E-state index is 12.2. The summed E-state index contributed by atoms with van der Waals surface area (Å²) in [5.41, 5.74) is 8.56. The molecule has 0 aliphatic carbocycles. The molecule has 0 bridgehead atoms. The van der Waals surface area contributed by atoms with Crippen molar-refractivity contribution in [1.29, 1.82) is 0 Å². The third kappa shape index (κ3) is 3.59. The molecule has 0 fully saturated rings. The summed E-state index contributed by atoms with van der Waals surface area (Å²) in [7, 11) is 0. The Balaban J connectivity index is 2.07. The lowest BCUT2D eigenvalue weighted by atomic mass is 10.1. The molecular weight excluding hydrogens is 266 g/mol. The number of aryl methyl sites for hydroxylation is 2. The Bertz CT molecular complexity index is 635. The maximum Gasteiger partial charge on any atom is 0.242 e. The lowest BCUT2D eigenvalue weighted by Gasteiger charge is -2.18. The summed E-state index contributed by atoms with van der Waals surface area (Å²) in [5.74, 6) is 0.367. The zero-order chi connectivity index (χ0) is 15.4. The van der Waals surface area contributed by atoms with Crippen molar-refractivity contribution in [1.82, 2.24) is 20.1 Å². The molecule has 6 heteroatoms. The number of aromatic nitrogens is 3. The van der Waals surface area contributed by atoms with Crippen LogP contribution in [0.1, 0.15) is 36.3 Å². The quantitative estimate of drug-likeness (QED) is 0.877. The fourth-order valence-corrected chi connectivity index (χ4v) is 2.29. The summed E-state index contributed by atoms with van der Waals surface area (Å²) in [6.45, 7) is 5.97. The molecule has 1 amide bonds. The number of carbonyl (C=O) groups is 1. The maximum absolute atomic E-state index is 12.2. The first kappa shape index (κ1) is 15.0. The Hall–Kier alpha value is -2.37. The Morgan fingerprint density at radius 2 is 2.24 bits per heavy atom. The van der Waals surface area contributed by atoms with Crippen molar-refractivity contribution < 1.29 is 4.79 Å². The monoisotopic (exact) mass is 287 g/mol. The molecule has 1 atom stereocenters. The zero-order valence-corrected chi connectivity index (χ0v) is 12.6. The first-order valence-electron chi connectivity index (χ1n) is 7.02. The van der Waals surface area contributed by atoms with Gasteiger partial charge in [-0.3, -0.25) is 9.78 Å². The molecule has 0 aliphatic rings. The normalized spacial score (nSPS) is 12.1. The zero-order valence-electron chi connectivity index (χ0n) is 12.6. The van der Waals surface area contributed by atoms with Crippen molar-refractivity contribution in [2.24, 2.45) is 0 Å². The molecule has 112 valence electrons. The lowest BCUT2D eigenvalue weighted by Crippen LogP contribution is -2.32. The van der Waals surface area contributed by atoms with Gasteiger partial charge in [0.15, 0.2) is 0 Å². The van der Waals surface area contributed by atoms with Gasteiger partial charge in [-0.2, -0.15) is 5.10 Å². The largest absolute Gasteiger partial charge is 0.384 e. The molecule has 0 aliphatic heterocycles. The number of nitrogen functional groups attached to an aromatic ring is 1. The van der Waals surface area contributed by atoms with Crippen LogP contribution in [0.3, 0.4) is 0 Å². The van der Waals surface area contributed by atoms with Crippen LogP contribution in [0.4, 0.5) is 5.82 Å². The number of hydrogen-bond donors (Lipinski definition) is 2. The molecule has 2 heterocycles. The molecule has 0 saturated carbocycles. The van der Waals surface area contributed by atoms with E-state index in [2.05, 4.69) is 15.4 Å². The first-order valence-corrected chi connectivity index (χ1v) is 7.02. The van der Waals surface area contributed by atoms with Crippen LogP contribution in [0.2, 0.25) is 0 Å². The molecule has 0 aromatic carbocycles. The summed E-state index contributed by atoms with van der Waals surface area (Å²) in [6, 6.07) is 5.52. The highest BCUT2D eigenvalue weighted by Gasteiger charge is 2.16. The van der Waals surface area contributed by atoms with Crippen LogP contribution in [-0.4, -0.2) is 20.7 Å². The van der Waals surface area contributed by atoms with Crippen molar-refractivity contribution in [3.63, 3.8) is 0 Å². The van der Waals surface area contributed by atoms with E-state index in [0.717, 1.165) is 23.4 Å². The summed E-state index contributed by atoms with van der Waals surface area (Å²) < 4.78 is 1.50. The number of nitrogens with zero attached hydrogens (tertiary/aromatic N) is 3. The van der Waals surface area contributed by atoms with E-state index in [0.29, 0.717) is 5.82 Å². The smallest absolute Gasteiger partial charge is 0.242 e. The third-order valence-corrected chi connectivity index (χ3v) is 3.35. The van der Waals surface area contributed by atoms with Crippen molar-refractivity contribution in [2.75, 3.05) is 5.73 Å². The van der Waals surface area contributed by atoms with E-state index < -0.39 is 0 Å². The van der Waals surface area contributed by atoms with Crippen LogP contribution >= 0.6 is 0 Å². The van der Waals surface area contributed by atoms with Gasteiger partial charge in [-0.1, -0.05) is 13.0 Å². The summed E-state index contributed by atoms with van der Waals surface area (Å²) in [6.07, 6.45) is 2.52. The van der Waals surface area contributed by atoms with Gasteiger partial charge >= 0.3 is 0 Å². The lowest BCUT2D eigenvalue weighted by molar-refractivity contribution is -0.122. The van der Waals surface area contributed by atoms with Crippen molar-refractivity contribution in [2.45, 2.75) is 39.8 Å². The average Bonchev–Trinajstić information content (AvgIpc) is 2.75. The van der Waals surface area contributed by atoms with E-state index in [4.69, 9.17) is 5.73 Å².